The Morgan fingerprint density at radius 1 is 1.07 bits per heavy atom. The molecule has 3 unspecified atom stereocenters. The molecule has 1 aliphatic heterocycles. The molecular formula is C22H26N2O5S. The van der Waals surface area contributed by atoms with Crippen LogP contribution in [0, 0.1) is 0 Å². The second-order valence-electron chi connectivity index (χ2n) is 7.05. The molecule has 1 saturated heterocycles. The molecule has 0 aliphatic carbocycles. The predicted octanol–water partition coefficient (Wildman–Crippen LogP) is 2.64. The molecule has 3 rings (SSSR count). The van der Waals surface area contributed by atoms with Gasteiger partial charge >= 0.3 is 0 Å². The number of ether oxygens (including phenoxy) is 2. The molecule has 2 amide bonds. The van der Waals surface area contributed by atoms with Crippen LogP contribution in [0.3, 0.4) is 0 Å². The summed E-state index contributed by atoms with van der Waals surface area (Å²) in [6.07, 6.45) is -0.682. The summed E-state index contributed by atoms with van der Waals surface area (Å²) in [5, 5.41) is 12.9. The number of carbonyl (C=O) groups is 2. The lowest BCUT2D eigenvalue weighted by Gasteiger charge is -2.19. The van der Waals surface area contributed by atoms with Crippen molar-refractivity contribution in [2.24, 2.45) is 0 Å². The summed E-state index contributed by atoms with van der Waals surface area (Å²) in [4.78, 5) is 25.9. The average Bonchev–Trinajstić information content (AvgIpc) is 3.03. The van der Waals surface area contributed by atoms with Crippen LogP contribution in [0.4, 0.5) is 4.79 Å². The van der Waals surface area contributed by atoms with E-state index in [4.69, 9.17) is 9.47 Å². The van der Waals surface area contributed by atoms with Crippen LogP contribution in [0.15, 0.2) is 60.7 Å². The average molecular weight is 431 g/mol. The number of hydrogen-bond acceptors (Lipinski definition) is 7. The molecule has 2 aromatic carbocycles. The van der Waals surface area contributed by atoms with E-state index in [1.807, 2.05) is 67.6 Å². The van der Waals surface area contributed by atoms with Crippen molar-refractivity contribution in [2.45, 2.75) is 31.1 Å². The number of para-hydroxylation sites is 1. The van der Waals surface area contributed by atoms with Crippen LogP contribution >= 0.6 is 11.8 Å². The van der Waals surface area contributed by atoms with Gasteiger partial charge in [0.05, 0.1) is 13.2 Å². The third-order valence-electron chi connectivity index (χ3n) is 4.46. The number of nitrogens with zero attached hydrogens (tertiary/aromatic N) is 1. The fraction of sp³-hybridized carbons (Fsp3) is 0.364. The standard InChI is InChI=1S/C22H26N2O5S/c1-16(23-12-18(25)15-28-19-10-6-3-7-11-19)14-29-21-20(26)24(22(27)30-21)13-17-8-4-2-5-9-17/h2-11,16,18,21,23,25H,12-15H2,1H3. The zero-order chi connectivity index (χ0) is 21.3. The van der Waals surface area contributed by atoms with Crippen LogP contribution in [-0.4, -0.2) is 58.5 Å². The summed E-state index contributed by atoms with van der Waals surface area (Å²) in [6.45, 7) is 2.86. The number of thioether (sulfide) groups is 1. The van der Waals surface area contributed by atoms with E-state index in [9.17, 15) is 14.7 Å². The quantitative estimate of drug-likeness (QED) is 0.567. The fourth-order valence-electron chi connectivity index (χ4n) is 2.83. The molecular weight excluding hydrogens is 404 g/mol. The third kappa shape index (κ3) is 6.56. The maximum Gasteiger partial charge on any atom is 0.291 e. The van der Waals surface area contributed by atoms with E-state index < -0.39 is 11.5 Å². The van der Waals surface area contributed by atoms with Crippen molar-refractivity contribution in [3.63, 3.8) is 0 Å². The van der Waals surface area contributed by atoms with E-state index >= 15 is 0 Å². The van der Waals surface area contributed by atoms with Crippen molar-refractivity contribution in [1.82, 2.24) is 10.2 Å². The third-order valence-corrected chi connectivity index (χ3v) is 5.44. The Balaban J connectivity index is 1.36. The van der Waals surface area contributed by atoms with Crippen molar-refractivity contribution in [1.29, 1.82) is 0 Å². The van der Waals surface area contributed by atoms with Gasteiger partial charge in [0.2, 0.25) is 0 Å². The second-order valence-corrected chi connectivity index (χ2v) is 8.06. The Kier molecular flexibility index (Phi) is 8.27. The molecule has 1 aliphatic rings. The monoisotopic (exact) mass is 430 g/mol. The number of hydrogen-bond donors (Lipinski definition) is 2. The Morgan fingerprint density at radius 2 is 1.73 bits per heavy atom. The Bertz CT molecular complexity index is 821. The first-order valence-corrected chi connectivity index (χ1v) is 10.7. The van der Waals surface area contributed by atoms with Crippen LogP contribution in [0.25, 0.3) is 0 Å². The molecule has 2 N–H and O–H groups in total. The molecule has 0 saturated carbocycles. The fourth-order valence-corrected chi connectivity index (χ4v) is 3.67. The molecule has 0 spiro atoms. The summed E-state index contributed by atoms with van der Waals surface area (Å²) in [7, 11) is 0. The smallest absolute Gasteiger partial charge is 0.291 e. The molecule has 7 nitrogen and oxygen atoms in total. The van der Waals surface area contributed by atoms with E-state index in [-0.39, 0.29) is 36.9 Å². The molecule has 3 atom stereocenters. The number of imide groups is 1. The summed E-state index contributed by atoms with van der Waals surface area (Å²) in [6, 6.07) is 18.6. The lowest BCUT2D eigenvalue weighted by atomic mass is 10.2. The molecule has 1 fully saturated rings. The molecule has 0 bridgehead atoms. The molecule has 0 aromatic heterocycles. The Hall–Kier alpha value is -2.39. The van der Waals surface area contributed by atoms with Crippen molar-refractivity contribution in [3.8, 4) is 5.75 Å². The van der Waals surface area contributed by atoms with Crippen LogP contribution in [0.5, 0.6) is 5.75 Å². The van der Waals surface area contributed by atoms with Crippen molar-refractivity contribution in [2.75, 3.05) is 19.8 Å². The zero-order valence-corrected chi connectivity index (χ0v) is 17.6. The minimum atomic E-state index is -0.836. The van der Waals surface area contributed by atoms with Gasteiger partial charge in [-0.25, -0.2) is 0 Å². The number of carbonyl (C=O) groups excluding carboxylic acids is 2. The van der Waals surface area contributed by atoms with E-state index in [2.05, 4.69) is 5.32 Å². The highest BCUT2D eigenvalue weighted by Gasteiger charge is 2.40. The summed E-state index contributed by atoms with van der Waals surface area (Å²) in [5.41, 5.74) is 0.0546. The number of aliphatic hydroxyl groups is 1. The lowest BCUT2D eigenvalue weighted by Crippen LogP contribution is -2.40. The minimum Gasteiger partial charge on any atom is -0.491 e. The number of benzene rings is 2. The molecule has 8 heteroatoms. The summed E-state index contributed by atoms with van der Waals surface area (Å²) < 4.78 is 11.2. The van der Waals surface area contributed by atoms with Crippen LogP contribution < -0.4 is 10.1 Å². The second kappa shape index (κ2) is 11.1. The van der Waals surface area contributed by atoms with Gasteiger partial charge in [-0.2, -0.15) is 0 Å². The van der Waals surface area contributed by atoms with Crippen LogP contribution in [0.1, 0.15) is 12.5 Å². The molecule has 160 valence electrons. The van der Waals surface area contributed by atoms with Gasteiger partial charge in [0, 0.05) is 12.6 Å². The van der Waals surface area contributed by atoms with Crippen LogP contribution in [-0.2, 0) is 16.1 Å². The SMILES string of the molecule is CC(COC1SC(=O)N(Cc2ccccc2)C1=O)NCC(O)COc1ccccc1. The molecule has 0 radical (unpaired) electrons. The molecule has 1 heterocycles. The van der Waals surface area contributed by atoms with Gasteiger partial charge in [-0.15, -0.1) is 0 Å². The molecule has 2 aromatic rings. The molecule has 30 heavy (non-hydrogen) atoms. The van der Waals surface area contributed by atoms with Crippen LogP contribution in [0.2, 0.25) is 0 Å². The Morgan fingerprint density at radius 3 is 2.43 bits per heavy atom. The van der Waals surface area contributed by atoms with E-state index in [0.717, 1.165) is 17.3 Å². The highest BCUT2D eigenvalue weighted by molar-refractivity contribution is 8.15. The maximum atomic E-state index is 12.5. The maximum absolute atomic E-state index is 12.5. The van der Waals surface area contributed by atoms with Gasteiger partial charge < -0.3 is 19.9 Å². The summed E-state index contributed by atoms with van der Waals surface area (Å²) in [5.74, 6) is 0.367. The zero-order valence-electron chi connectivity index (χ0n) is 16.8. The van der Waals surface area contributed by atoms with Gasteiger partial charge in [-0.3, -0.25) is 14.5 Å². The number of aliphatic hydroxyl groups excluding tert-OH is 1. The van der Waals surface area contributed by atoms with Gasteiger partial charge in [0.1, 0.15) is 18.5 Å². The number of nitrogens with one attached hydrogen (secondary N) is 1. The van der Waals surface area contributed by atoms with E-state index in [0.29, 0.717) is 12.3 Å². The van der Waals surface area contributed by atoms with Crippen molar-refractivity contribution in [3.05, 3.63) is 66.2 Å². The van der Waals surface area contributed by atoms with E-state index in [1.54, 1.807) is 0 Å². The largest absolute Gasteiger partial charge is 0.491 e. The topological polar surface area (TPSA) is 88.1 Å². The number of amides is 2. The Labute approximate surface area is 180 Å². The predicted molar refractivity (Wildman–Crippen MR) is 115 cm³/mol. The van der Waals surface area contributed by atoms with Gasteiger partial charge in [-0.1, -0.05) is 48.5 Å². The normalized spacial score (nSPS) is 18.5. The lowest BCUT2D eigenvalue weighted by molar-refractivity contribution is -0.134. The summed E-state index contributed by atoms with van der Waals surface area (Å²) >= 11 is 0.891. The van der Waals surface area contributed by atoms with Gasteiger partial charge in [0.15, 0.2) is 5.44 Å². The highest BCUT2D eigenvalue weighted by Crippen LogP contribution is 2.29. The van der Waals surface area contributed by atoms with Crippen molar-refractivity contribution >= 4 is 22.9 Å². The number of rotatable bonds is 11. The first-order chi connectivity index (χ1) is 14.5. The van der Waals surface area contributed by atoms with Gasteiger partial charge in [0.25, 0.3) is 11.1 Å². The van der Waals surface area contributed by atoms with Crippen molar-refractivity contribution < 1.29 is 24.2 Å². The first kappa shape index (κ1) is 22.3. The minimum absolute atomic E-state index is 0.108. The van der Waals surface area contributed by atoms with Gasteiger partial charge in [-0.05, 0) is 36.4 Å². The first-order valence-electron chi connectivity index (χ1n) is 9.79. The van der Waals surface area contributed by atoms with E-state index in [1.165, 1.54) is 4.90 Å². The highest BCUT2D eigenvalue weighted by atomic mass is 32.2.